The highest BCUT2D eigenvalue weighted by Gasteiger charge is 2.18. The lowest BCUT2D eigenvalue weighted by Gasteiger charge is -2.26. The van der Waals surface area contributed by atoms with Gasteiger partial charge in [-0.2, -0.15) is 5.26 Å². The first kappa shape index (κ1) is 15.9. The molecule has 6 nitrogen and oxygen atoms in total. The highest BCUT2D eigenvalue weighted by atomic mass is 32.1. The van der Waals surface area contributed by atoms with E-state index in [0.717, 1.165) is 44.4 Å². The molecule has 21 heavy (non-hydrogen) atoms. The number of hydrogen-bond acceptors (Lipinski definition) is 7. The number of nitrogen functional groups attached to an aromatic ring is 1. The van der Waals surface area contributed by atoms with Gasteiger partial charge in [0, 0.05) is 26.2 Å². The van der Waals surface area contributed by atoms with Gasteiger partial charge in [0.2, 0.25) is 0 Å². The zero-order chi connectivity index (χ0) is 15.2. The van der Waals surface area contributed by atoms with E-state index in [1.54, 1.807) is 0 Å². The topological polar surface area (TPSA) is 83.5 Å². The lowest BCUT2D eigenvalue weighted by Crippen LogP contribution is -2.38. The second-order valence-corrected chi connectivity index (χ2v) is 6.18. The van der Waals surface area contributed by atoms with E-state index in [-0.39, 0.29) is 6.10 Å². The van der Waals surface area contributed by atoms with E-state index in [2.05, 4.69) is 16.3 Å². The van der Waals surface area contributed by atoms with Crippen molar-refractivity contribution in [2.24, 2.45) is 0 Å². The Hall–Kier alpha value is -1.49. The van der Waals surface area contributed by atoms with Crippen LogP contribution in [0.2, 0.25) is 0 Å². The molecule has 1 saturated heterocycles. The van der Waals surface area contributed by atoms with Gasteiger partial charge >= 0.3 is 0 Å². The van der Waals surface area contributed by atoms with Crippen molar-refractivity contribution in [3.8, 4) is 11.8 Å². The molecule has 0 amide bonds. The normalized spacial score (nSPS) is 15.9. The molecule has 2 heterocycles. The monoisotopic (exact) mass is 310 g/mol. The molecule has 1 aromatic heterocycles. The summed E-state index contributed by atoms with van der Waals surface area (Å²) >= 11 is 1.35. The van der Waals surface area contributed by atoms with Crippen LogP contribution in [0.5, 0.6) is 5.75 Å². The number of morpholine rings is 1. The lowest BCUT2D eigenvalue weighted by molar-refractivity contribution is 0.0398. The summed E-state index contributed by atoms with van der Waals surface area (Å²) in [6.07, 6.45) is 0.0215. The number of nitrogens with two attached hydrogens (primary N) is 1. The van der Waals surface area contributed by atoms with Crippen LogP contribution in [0.4, 0.5) is 10.7 Å². The predicted molar refractivity (Wildman–Crippen MR) is 85.0 cm³/mol. The van der Waals surface area contributed by atoms with Gasteiger partial charge < -0.3 is 20.5 Å². The van der Waals surface area contributed by atoms with E-state index < -0.39 is 0 Å². The Balaban J connectivity index is 1.96. The zero-order valence-corrected chi connectivity index (χ0v) is 13.3. The van der Waals surface area contributed by atoms with E-state index in [1.165, 1.54) is 11.3 Å². The Morgan fingerprint density at radius 3 is 2.81 bits per heavy atom. The largest absolute Gasteiger partial charge is 0.486 e. The minimum atomic E-state index is 0.0215. The van der Waals surface area contributed by atoms with Crippen molar-refractivity contribution >= 4 is 22.0 Å². The Morgan fingerprint density at radius 2 is 2.19 bits per heavy atom. The molecular formula is C14H22N4O2S. The molecule has 0 aliphatic carbocycles. The molecule has 1 fully saturated rings. The van der Waals surface area contributed by atoms with E-state index in [9.17, 15) is 0 Å². The molecule has 1 aliphatic heterocycles. The minimum absolute atomic E-state index is 0.0215. The maximum Gasteiger partial charge on any atom is 0.178 e. The van der Waals surface area contributed by atoms with Crippen LogP contribution in [0.1, 0.15) is 18.7 Å². The molecule has 0 aromatic carbocycles. The predicted octanol–water partition coefficient (Wildman–Crippen LogP) is 1.73. The summed E-state index contributed by atoms with van der Waals surface area (Å²) in [4.78, 5) is 2.85. The van der Waals surface area contributed by atoms with Gasteiger partial charge in [-0.05, 0) is 13.8 Å². The van der Waals surface area contributed by atoms with Crippen LogP contribution in [0.15, 0.2) is 0 Å². The molecule has 0 unspecified atom stereocenters. The van der Waals surface area contributed by atoms with E-state index in [1.807, 2.05) is 13.8 Å². The fourth-order valence-electron chi connectivity index (χ4n) is 2.13. The number of hydrogen-bond donors (Lipinski definition) is 2. The standard InChI is InChI=1S/C14H22N4O2S/c1-10(2)20-13-12(16)11(9-15)21-14(13)17-3-4-18-5-7-19-8-6-18/h10,17H,3-8,16H2,1-2H3. The van der Waals surface area contributed by atoms with Gasteiger partial charge in [0.1, 0.15) is 21.6 Å². The van der Waals surface area contributed by atoms with Crippen molar-refractivity contribution in [3.05, 3.63) is 4.88 Å². The first-order valence-electron chi connectivity index (χ1n) is 7.14. The molecule has 0 radical (unpaired) electrons. The quantitative estimate of drug-likeness (QED) is 0.832. The zero-order valence-electron chi connectivity index (χ0n) is 12.5. The number of nitriles is 1. The van der Waals surface area contributed by atoms with Gasteiger partial charge in [0.15, 0.2) is 5.75 Å². The third-order valence-electron chi connectivity index (χ3n) is 3.17. The molecule has 2 rings (SSSR count). The Kier molecular flexibility index (Phi) is 5.67. The van der Waals surface area contributed by atoms with Crippen LogP contribution in [0, 0.1) is 11.3 Å². The molecule has 116 valence electrons. The number of thiophene rings is 1. The van der Waals surface area contributed by atoms with Crippen molar-refractivity contribution in [2.75, 3.05) is 50.4 Å². The SMILES string of the molecule is CC(C)Oc1c(NCCN2CCOCC2)sc(C#N)c1N. The highest BCUT2D eigenvalue weighted by Crippen LogP contribution is 2.42. The summed E-state index contributed by atoms with van der Waals surface area (Å²) in [5.41, 5.74) is 6.41. The number of nitrogens with zero attached hydrogens (tertiary/aromatic N) is 2. The average molecular weight is 310 g/mol. The molecular weight excluding hydrogens is 288 g/mol. The van der Waals surface area contributed by atoms with Gasteiger partial charge in [-0.1, -0.05) is 0 Å². The van der Waals surface area contributed by atoms with Gasteiger partial charge in [-0.15, -0.1) is 11.3 Å². The van der Waals surface area contributed by atoms with Crippen molar-refractivity contribution in [3.63, 3.8) is 0 Å². The maximum atomic E-state index is 9.09. The van der Waals surface area contributed by atoms with Crippen LogP contribution < -0.4 is 15.8 Å². The van der Waals surface area contributed by atoms with Gasteiger partial charge in [-0.25, -0.2) is 0 Å². The van der Waals surface area contributed by atoms with E-state index in [0.29, 0.717) is 16.3 Å². The van der Waals surface area contributed by atoms with Crippen LogP contribution >= 0.6 is 11.3 Å². The number of anilines is 2. The Bertz CT molecular complexity index is 504. The minimum Gasteiger partial charge on any atom is -0.486 e. The summed E-state index contributed by atoms with van der Waals surface area (Å²) < 4.78 is 11.1. The summed E-state index contributed by atoms with van der Waals surface area (Å²) in [6, 6.07) is 2.12. The first-order chi connectivity index (χ1) is 10.1. The van der Waals surface area contributed by atoms with Crippen LogP contribution in [0.3, 0.4) is 0 Å². The highest BCUT2D eigenvalue weighted by molar-refractivity contribution is 7.17. The summed E-state index contributed by atoms with van der Waals surface area (Å²) in [5, 5.41) is 13.3. The van der Waals surface area contributed by atoms with Crippen molar-refractivity contribution in [1.29, 1.82) is 5.26 Å². The number of nitrogens with one attached hydrogen (secondary N) is 1. The Labute approximate surface area is 129 Å². The third kappa shape index (κ3) is 4.24. The van der Waals surface area contributed by atoms with Crippen molar-refractivity contribution in [2.45, 2.75) is 20.0 Å². The van der Waals surface area contributed by atoms with E-state index >= 15 is 0 Å². The smallest absolute Gasteiger partial charge is 0.178 e. The summed E-state index contributed by atoms with van der Waals surface area (Å²) in [7, 11) is 0. The van der Waals surface area contributed by atoms with Gasteiger partial charge in [0.05, 0.1) is 19.3 Å². The van der Waals surface area contributed by atoms with Crippen molar-refractivity contribution in [1.82, 2.24) is 4.90 Å². The van der Waals surface area contributed by atoms with Crippen LogP contribution in [0.25, 0.3) is 0 Å². The lowest BCUT2D eigenvalue weighted by atomic mass is 10.3. The molecule has 0 atom stereocenters. The molecule has 1 aromatic rings. The molecule has 0 bridgehead atoms. The number of ether oxygens (including phenoxy) is 2. The third-order valence-corrected chi connectivity index (χ3v) is 4.22. The van der Waals surface area contributed by atoms with Gasteiger partial charge in [-0.3, -0.25) is 4.90 Å². The Morgan fingerprint density at radius 1 is 1.48 bits per heavy atom. The second-order valence-electron chi connectivity index (χ2n) is 5.16. The molecule has 1 aliphatic rings. The van der Waals surface area contributed by atoms with Gasteiger partial charge in [0.25, 0.3) is 0 Å². The first-order valence-corrected chi connectivity index (χ1v) is 7.96. The fourth-order valence-corrected chi connectivity index (χ4v) is 3.01. The second kappa shape index (κ2) is 7.50. The average Bonchev–Trinajstić information content (AvgIpc) is 2.76. The van der Waals surface area contributed by atoms with Crippen LogP contribution in [-0.4, -0.2) is 50.4 Å². The van der Waals surface area contributed by atoms with Crippen molar-refractivity contribution < 1.29 is 9.47 Å². The van der Waals surface area contributed by atoms with E-state index in [4.69, 9.17) is 20.5 Å². The summed E-state index contributed by atoms with van der Waals surface area (Å²) in [5.74, 6) is 0.605. The molecule has 0 spiro atoms. The molecule has 7 heteroatoms. The molecule has 3 N–H and O–H groups in total. The molecule has 0 saturated carbocycles. The fraction of sp³-hybridized carbons (Fsp3) is 0.643. The summed E-state index contributed by atoms with van der Waals surface area (Å²) in [6.45, 7) is 9.14. The maximum absolute atomic E-state index is 9.09. The number of rotatable bonds is 6. The van der Waals surface area contributed by atoms with Crippen LogP contribution in [-0.2, 0) is 4.74 Å².